The quantitative estimate of drug-likeness (QED) is 0.206. The molecule has 0 heterocycles. The number of hydrogen-bond acceptors (Lipinski definition) is 2. The molecular formula is C16H31NaO2. The van der Waals surface area contributed by atoms with Gasteiger partial charge in [-0.05, 0) is 6.42 Å². The average molecular weight is 278 g/mol. The van der Waals surface area contributed by atoms with Crippen molar-refractivity contribution in [1.29, 1.82) is 0 Å². The zero-order chi connectivity index (χ0) is 13.5. The Labute approximate surface area is 141 Å². The number of unbranched alkanes of at least 4 members (excludes halogenated alkanes) is 10. The van der Waals surface area contributed by atoms with Gasteiger partial charge in [0, 0.05) is 6.42 Å². The van der Waals surface area contributed by atoms with Gasteiger partial charge in [0.2, 0.25) is 0 Å². The molecule has 0 aromatic carbocycles. The molecule has 0 N–H and O–H groups in total. The fraction of sp³-hybridized carbons (Fsp3) is 0.875. The Morgan fingerprint density at radius 1 is 0.789 bits per heavy atom. The molecule has 19 heavy (non-hydrogen) atoms. The van der Waals surface area contributed by atoms with E-state index in [0.717, 1.165) is 12.8 Å². The van der Waals surface area contributed by atoms with Gasteiger partial charge >= 0.3 is 29.6 Å². The molecular weight excluding hydrogens is 247 g/mol. The first-order chi connectivity index (χ1) is 8.81. The minimum atomic E-state index is 0. The summed E-state index contributed by atoms with van der Waals surface area (Å²) in [5.74, 6) is 0.0981. The molecule has 0 bridgehead atoms. The van der Waals surface area contributed by atoms with Crippen molar-refractivity contribution in [2.75, 3.05) is 0 Å². The van der Waals surface area contributed by atoms with Crippen molar-refractivity contribution in [2.24, 2.45) is 0 Å². The van der Waals surface area contributed by atoms with E-state index >= 15 is 0 Å². The van der Waals surface area contributed by atoms with Gasteiger partial charge < -0.3 is 4.79 Å². The second kappa shape index (κ2) is 18.3. The molecule has 0 aromatic heterocycles. The Hall–Kier alpha value is 0.340. The number of rotatable bonds is 14. The monoisotopic (exact) mass is 278 g/mol. The maximum atomic E-state index is 11.1. The van der Waals surface area contributed by atoms with Crippen molar-refractivity contribution in [2.45, 2.75) is 90.4 Å². The Bertz CT molecular complexity index is 205. The van der Waals surface area contributed by atoms with Crippen LogP contribution in [-0.4, -0.2) is 41.6 Å². The van der Waals surface area contributed by atoms with Crippen LogP contribution in [0.2, 0.25) is 0 Å². The molecule has 0 fully saturated rings. The van der Waals surface area contributed by atoms with E-state index < -0.39 is 0 Å². The second-order valence-corrected chi connectivity index (χ2v) is 5.19. The Balaban J connectivity index is 0. The number of carbonyl (C=O) groups excluding carboxylic acids is 2. The van der Waals surface area contributed by atoms with Crippen LogP contribution in [0, 0.1) is 0 Å². The summed E-state index contributed by atoms with van der Waals surface area (Å²) in [4.78, 5) is 21.2. The summed E-state index contributed by atoms with van der Waals surface area (Å²) in [6, 6.07) is 0. The van der Waals surface area contributed by atoms with Crippen LogP contribution >= 0.6 is 0 Å². The van der Waals surface area contributed by atoms with Gasteiger partial charge in [0.1, 0.15) is 12.1 Å². The second-order valence-electron chi connectivity index (χ2n) is 5.19. The van der Waals surface area contributed by atoms with Gasteiger partial charge in [0.05, 0.1) is 6.42 Å². The van der Waals surface area contributed by atoms with Crippen molar-refractivity contribution in [3.8, 4) is 0 Å². The van der Waals surface area contributed by atoms with Crippen LogP contribution in [0.1, 0.15) is 90.4 Å². The summed E-state index contributed by atoms with van der Waals surface area (Å²) < 4.78 is 0. The van der Waals surface area contributed by atoms with E-state index in [9.17, 15) is 9.59 Å². The van der Waals surface area contributed by atoms with Gasteiger partial charge in [-0.3, -0.25) is 4.79 Å². The Morgan fingerprint density at radius 2 is 1.21 bits per heavy atom. The van der Waals surface area contributed by atoms with Crippen molar-refractivity contribution in [1.82, 2.24) is 0 Å². The third kappa shape index (κ3) is 18.3. The minimum absolute atomic E-state index is 0. The zero-order valence-electron chi connectivity index (χ0n) is 12.1. The molecule has 3 heteroatoms. The topological polar surface area (TPSA) is 34.1 Å². The van der Waals surface area contributed by atoms with Gasteiger partial charge in [0.25, 0.3) is 0 Å². The molecule has 108 valence electrons. The average Bonchev–Trinajstić information content (AvgIpc) is 2.36. The predicted octanol–water partition coefficient (Wildman–Crippen LogP) is 4.20. The number of Topliss-reactive ketones (excluding diaryl/α,β-unsaturated/α-hetero) is 1. The molecule has 2 nitrogen and oxygen atoms in total. The summed E-state index contributed by atoms with van der Waals surface area (Å²) >= 11 is 0. The predicted molar refractivity (Wildman–Crippen MR) is 83.9 cm³/mol. The first-order valence-corrected chi connectivity index (χ1v) is 7.76. The molecule has 0 radical (unpaired) electrons. The molecule has 0 saturated heterocycles. The van der Waals surface area contributed by atoms with E-state index in [1.807, 2.05) is 0 Å². The van der Waals surface area contributed by atoms with E-state index in [1.54, 1.807) is 0 Å². The molecule has 0 amide bonds. The van der Waals surface area contributed by atoms with Crippen LogP contribution in [-0.2, 0) is 9.59 Å². The SMILES string of the molecule is CCCCCCCCCCCCCC(=O)CC=O.[NaH]. The maximum absolute atomic E-state index is 11.1. The molecule has 0 spiro atoms. The van der Waals surface area contributed by atoms with Crippen molar-refractivity contribution >= 4 is 41.6 Å². The van der Waals surface area contributed by atoms with Crippen LogP contribution < -0.4 is 0 Å². The van der Waals surface area contributed by atoms with Gasteiger partial charge in [-0.15, -0.1) is 0 Å². The number of aldehydes is 1. The van der Waals surface area contributed by atoms with Crippen LogP contribution in [0.4, 0.5) is 0 Å². The fourth-order valence-corrected chi connectivity index (χ4v) is 2.18. The summed E-state index contributed by atoms with van der Waals surface area (Å²) in [6.45, 7) is 2.25. The number of ketones is 1. The Morgan fingerprint density at radius 3 is 1.63 bits per heavy atom. The van der Waals surface area contributed by atoms with E-state index in [-0.39, 0.29) is 41.8 Å². The first-order valence-electron chi connectivity index (χ1n) is 7.76. The zero-order valence-corrected chi connectivity index (χ0v) is 12.1. The van der Waals surface area contributed by atoms with Crippen molar-refractivity contribution in [3.05, 3.63) is 0 Å². The van der Waals surface area contributed by atoms with Crippen LogP contribution in [0.15, 0.2) is 0 Å². The number of carbonyl (C=O) groups is 2. The number of hydrogen-bond donors (Lipinski definition) is 0. The van der Waals surface area contributed by atoms with Crippen LogP contribution in [0.5, 0.6) is 0 Å². The standard InChI is InChI=1S/C16H30O2.Na.H/c1-2-3-4-5-6-7-8-9-10-11-12-13-16(18)14-15-17;;/h15H,2-14H2,1H3;;. The van der Waals surface area contributed by atoms with Crippen LogP contribution in [0.25, 0.3) is 0 Å². The fourth-order valence-electron chi connectivity index (χ4n) is 2.18. The summed E-state index contributed by atoms with van der Waals surface area (Å²) in [5.41, 5.74) is 0. The van der Waals surface area contributed by atoms with E-state index in [1.165, 1.54) is 57.8 Å². The van der Waals surface area contributed by atoms with Crippen molar-refractivity contribution < 1.29 is 9.59 Å². The molecule has 0 aliphatic rings. The molecule has 0 saturated carbocycles. The molecule has 0 aliphatic carbocycles. The molecule has 0 unspecified atom stereocenters. The van der Waals surface area contributed by atoms with Gasteiger partial charge in [-0.1, -0.05) is 71.1 Å². The molecule has 0 atom stereocenters. The molecule has 0 aliphatic heterocycles. The normalized spacial score (nSPS) is 9.95. The van der Waals surface area contributed by atoms with Gasteiger partial charge in [0.15, 0.2) is 0 Å². The summed E-state index contributed by atoms with van der Waals surface area (Å²) in [5, 5.41) is 0. The Kier molecular flexibility index (Phi) is 20.9. The van der Waals surface area contributed by atoms with Gasteiger partial charge in [-0.25, -0.2) is 0 Å². The van der Waals surface area contributed by atoms with Crippen molar-refractivity contribution in [3.63, 3.8) is 0 Å². The van der Waals surface area contributed by atoms with Crippen LogP contribution in [0.3, 0.4) is 0 Å². The van der Waals surface area contributed by atoms with Gasteiger partial charge in [-0.2, -0.15) is 0 Å². The van der Waals surface area contributed by atoms with E-state index in [2.05, 4.69) is 6.92 Å². The third-order valence-electron chi connectivity index (χ3n) is 3.37. The summed E-state index contributed by atoms with van der Waals surface area (Å²) in [7, 11) is 0. The van der Waals surface area contributed by atoms with E-state index in [4.69, 9.17) is 0 Å². The third-order valence-corrected chi connectivity index (χ3v) is 3.37. The summed E-state index contributed by atoms with van der Waals surface area (Å²) in [6.07, 6.45) is 15.7. The molecule has 0 aromatic rings. The first kappa shape index (κ1) is 21.6. The molecule has 0 rings (SSSR count). The van der Waals surface area contributed by atoms with E-state index in [0.29, 0.717) is 12.7 Å².